The first kappa shape index (κ1) is 16.9. The van der Waals surface area contributed by atoms with E-state index in [9.17, 15) is 4.79 Å². The van der Waals surface area contributed by atoms with Crippen molar-refractivity contribution in [2.24, 2.45) is 0 Å². The number of carbonyl (C=O) groups is 1. The summed E-state index contributed by atoms with van der Waals surface area (Å²) < 4.78 is 0. The van der Waals surface area contributed by atoms with E-state index in [1.54, 1.807) is 29.6 Å². The van der Waals surface area contributed by atoms with Gasteiger partial charge >= 0.3 is 0 Å². The lowest BCUT2D eigenvalue weighted by Gasteiger charge is -2.12. The number of carbonyl (C=O) groups excluding carboxylic acids is 1. The fourth-order valence-electron chi connectivity index (χ4n) is 2.56. The molecular formula is C19H20N2OS2. The van der Waals surface area contributed by atoms with Gasteiger partial charge < -0.3 is 5.32 Å². The van der Waals surface area contributed by atoms with E-state index < -0.39 is 0 Å². The van der Waals surface area contributed by atoms with Crippen LogP contribution in [-0.4, -0.2) is 16.9 Å². The molecule has 0 aliphatic heterocycles. The highest BCUT2D eigenvalue weighted by molar-refractivity contribution is 7.20. The minimum Gasteiger partial charge on any atom is -0.354 e. The van der Waals surface area contributed by atoms with Crippen LogP contribution in [-0.2, 0) is 11.2 Å². The van der Waals surface area contributed by atoms with Gasteiger partial charge in [-0.15, -0.1) is 22.7 Å². The summed E-state index contributed by atoms with van der Waals surface area (Å²) >= 11 is 3.40. The van der Waals surface area contributed by atoms with Crippen molar-refractivity contribution >= 4 is 28.6 Å². The van der Waals surface area contributed by atoms with Gasteiger partial charge in [0.25, 0.3) is 0 Å². The number of thiophene rings is 1. The van der Waals surface area contributed by atoms with E-state index >= 15 is 0 Å². The number of nitrogens with one attached hydrogen (secondary N) is 1. The van der Waals surface area contributed by atoms with Gasteiger partial charge in [-0.3, -0.25) is 4.79 Å². The minimum atomic E-state index is 0.0305. The molecule has 1 atom stereocenters. The van der Waals surface area contributed by atoms with Gasteiger partial charge in [0.2, 0.25) is 5.91 Å². The quantitative estimate of drug-likeness (QED) is 0.675. The molecule has 2 aromatic heterocycles. The number of nitrogens with zero attached hydrogens (tertiary/aromatic N) is 1. The third-order valence-corrected chi connectivity index (χ3v) is 5.68. The van der Waals surface area contributed by atoms with Crippen LogP contribution in [0.3, 0.4) is 0 Å². The van der Waals surface area contributed by atoms with Crippen LogP contribution in [0.15, 0.2) is 47.2 Å². The second-order valence-corrected chi connectivity index (χ2v) is 7.66. The van der Waals surface area contributed by atoms with Crippen LogP contribution in [0, 0.1) is 0 Å². The van der Waals surface area contributed by atoms with Crippen LogP contribution in [0.4, 0.5) is 0 Å². The van der Waals surface area contributed by atoms with Crippen LogP contribution in [0.1, 0.15) is 25.8 Å². The number of hydrogen-bond donors (Lipinski definition) is 1. The molecule has 0 aliphatic carbocycles. The van der Waals surface area contributed by atoms with Gasteiger partial charge in [0.1, 0.15) is 5.01 Å². The largest absolute Gasteiger partial charge is 0.354 e. The van der Waals surface area contributed by atoms with E-state index in [2.05, 4.69) is 52.5 Å². The molecule has 1 N–H and O–H groups in total. The summed E-state index contributed by atoms with van der Waals surface area (Å²) in [5.41, 5.74) is 3.46. The molecule has 1 aromatic carbocycles. The molecule has 3 nitrogen and oxygen atoms in total. The monoisotopic (exact) mass is 356 g/mol. The molecule has 1 amide bonds. The number of thiazole rings is 1. The second-order valence-electron chi connectivity index (χ2n) is 5.85. The van der Waals surface area contributed by atoms with Gasteiger partial charge in [-0.2, -0.15) is 0 Å². The molecule has 0 unspecified atom stereocenters. The third kappa shape index (κ3) is 4.30. The average molecular weight is 357 g/mol. The molecule has 3 rings (SSSR count). The van der Waals surface area contributed by atoms with Crippen molar-refractivity contribution in [1.82, 2.24) is 10.3 Å². The maximum Gasteiger partial charge on any atom is 0.217 e. The third-order valence-electron chi connectivity index (χ3n) is 3.80. The standard InChI is InChI=1S/C19H20N2OS2/c1-13(20-14(2)22)5-6-15-7-9-16(10-8-15)17-12-24-19(21-17)18-4-3-11-23-18/h3-4,7-13H,5-6H2,1-2H3,(H,20,22)/t13-/m1/s1. The first-order valence-electron chi connectivity index (χ1n) is 7.97. The van der Waals surface area contributed by atoms with Gasteiger partial charge in [-0.05, 0) is 36.8 Å². The number of benzene rings is 1. The second kappa shape index (κ2) is 7.73. The highest BCUT2D eigenvalue weighted by atomic mass is 32.1. The van der Waals surface area contributed by atoms with Crippen molar-refractivity contribution in [3.05, 3.63) is 52.7 Å². The van der Waals surface area contributed by atoms with Gasteiger partial charge in [-0.25, -0.2) is 4.98 Å². The molecule has 24 heavy (non-hydrogen) atoms. The van der Waals surface area contributed by atoms with E-state index in [-0.39, 0.29) is 11.9 Å². The summed E-state index contributed by atoms with van der Waals surface area (Å²) in [4.78, 5) is 17.0. The molecule has 0 fully saturated rings. The zero-order valence-electron chi connectivity index (χ0n) is 13.8. The summed E-state index contributed by atoms with van der Waals surface area (Å²) in [7, 11) is 0. The molecule has 0 radical (unpaired) electrons. The van der Waals surface area contributed by atoms with E-state index in [0.717, 1.165) is 29.1 Å². The molecule has 3 aromatic rings. The minimum absolute atomic E-state index is 0.0305. The molecule has 0 bridgehead atoms. The average Bonchev–Trinajstić information content (AvgIpc) is 3.24. The van der Waals surface area contributed by atoms with Crippen molar-refractivity contribution < 1.29 is 4.79 Å². The van der Waals surface area contributed by atoms with Gasteiger partial charge in [-0.1, -0.05) is 30.3 Å². The zero-order chi connectivity index (χ0) is 16.9. The van der Waals surface area contributed by atoms with Crippen molar-refractivity contribution in [3.63, 3.8) is 0 Å². The molecule has 0 aliphatic rings. The summed E-state index contributed by atoms with van der Waals surface area (Å²) in [6, 6.07) is 12.9. The predicted molar refractivity (Wildman–Crippen MR) is 102 cm³/mol. The van der Waals surface area contributed by atoms with Gasteiger partial charge in [0.15, 0.2) is 0 Å². The molecule has 124 valence electrons. The molecule has 5 heteroatoms. The van der Waals surface area contributed by atoms with Crippen LogP contribution >= 0.6 is 22.7 Å². The predicted octanol–water partition coefficient (Wildman–Crippen LogP) is 5.00. The summed E-state index contributed by atoms with van der Waals surface area (Å²) in [5, 5.41) is 8.19. The SMILES string of the molecule is CC(=O)N[C@H](C)CCc1ccc(-c2csc(-c3cccs3)n2)cc1. The lowest BCUT2D eigenvalue weighted by atomic mass is 10.0. The highest BCUT2D eigenvalue weighted by Gasteiger charge is 2.08. The van der Waals surface area contributed by atoms with E-state index in [4.69, 9.17) is 4.98 Å². The Kier molecular flexibility index (Phi) is 5.43. The zero-order valence-corrected chi connectivity index (χ0v) is 15.4. The molecule has 0 spiro atoms. The van der Waals surface area contributed by atoms with Crippen molar-refractivity contribution in [3.8, 4) is 21.1 Å². The van der Waals surface area contributed by atoms with Crippen molar-refractivity contribution in [2.45, 2.75) is 32.7 Å². The Labute approximate surface area is 150 Å². The number of hydrogen-bond acceptors (Lipinski definition) is 4. The Balaban J connectivity index is 1.63. The van der Waals surface area contributed by atoms with Crippen LogP contribution < -0.4 is 5.32 Å². The fourth-order valence-corrected chi connectivity index (χ4v) is 4.21. The van der Waals surface area contributed by atoms with Crippen LogP contribution in [0.2, 0.25) is 0 Å². The smallest absolute Gasteiger partial charge is 0.217 e. The first-order valence-corrected chi connectivity index (χ1v) is 9.73. The lowest BCUT2D eigenvalue weighted by molar-refractivity contribution is -0.119. The molecule has 2 heterocycles. The van der Waals surface area contributed by atoms with Gasteiger partial charge in [0, 0.05) is 23.9 Å². The highest BCUT2D eigenvalue weighted by Crippen LogP contribution is 2.31. The van der Waals surface area contributed by atoms with E-state index in [1.165, 1.54) is 10.4 Å². The van der Waals surface area contributed by atoms with Crippen molar-refractivity contribution in [1.29, 1.82) is 0 Å². The van der Waals surface area contributed by atoms with E-state index in [1.807, 2.05) is 6.92 Å². The lowest BCUT2D eigenvalue weighted by Crippen LogP contribution is -2.30. The number of aromatic nitrogens is 1. The summed E-state index contributed by atoms with van der Waals surface area (Å²) in [6.07, 6.45) is 1.90. The maximum atomic E-state index is 11.0. The van der Waals surface area contributed by atoms with Crippen molar-refractivity contribution in [2.75, 3.05) is 0 Å². The number of amides is 1. The summed E-state index contributed by atoms with van der Waals surface area (Å²) in [6.45, 7) is 3.60. The Morgan fingerprint density at radius 1 is 1.21 bits per heavy atom. The van der Waals surface area contributed by atoms with Crippen LogP contribution in [0.5, 0.6) is 0 Å². The topological polar surface area (TPSA) is 42.0 Å². The summed E-state index contributed by atoms with van der Waals surface area (Å²) in [5.74, 6) is 0.0305. The Bertz CT molecular complexity index is 791. The maximum absolute atomic E-state index is 11.0. The normalized spacial score (nSPS) is 12.1. The number of aryl methyl sites for hydroxylation is 1. The Morgan fingerprint density at radius 2 is 2.00 bits per heavy atom. The Hall–Kier alpha value is -1.98. The molecule has 0 saturated heterocycles. The van der Waals surface area contributed by atoms with Gasteiger partial charge in [0.05, 0.1) is 10.6 Å². The first-order chi connectivity index (χ1) is 11.6. The Morgan fingerprint density at radius 3 is 2.67 bits per heavy atom. The van der Waals surface area contributed by atoms with E-state index in [0.29, 0.717) is 0 Å². The number of rotatable bonds is 6. The molecule has 0 saturated carbocycles. The molecular weight excluding hydrogens is 336 g/mol. The fraction of sp³-hybridized carbons (Fsp3) is 0.263. The van der Waals surface area contributed by atoms with Crippen LogP contribution in [0.25, 0.3) is 21.1 Å².